The van der Waals surface area contributed by atoms with E-state index in [4.69, 9.17) is 0 Å². The summed E-state index contributed by atoms with van der Waals surface area (Å²) in [5.74, 6) is -1.17. The largest absolute Gasteiger partial charge is 0.304 e. The Labute approximate surface area is 188 Å². The van der Waals surface area contributed by atoms with Crippen LogP contribution in [0.3, 0.4) is 0 Å². The lowest BCUT2D eigenvalue weighted by Crippen LogP contribution is -2.56. The number of hydrogen-bond donors (Lipinski definition) is 0. The Balaban J connectivity index is 1.73. The zero-order chi connectivity index (χ0) is 22.9. The zero-order valence-corrected chi connectivity index (χ0v) is 18.9. The van der Waals surface area contributed by atoms with Gasteiger partial charge in [0.05, 0.1) is 17.3 Å². The predicted octanol–water partition coefficient (Wildman–Crippen LogP) is 3.84. The molecule has 170 valence electrons. The molecule has 0 N–H and O–H groups in total. The lowest BCUT2D eigenvalue weighted by molar-refractivity contribution is -0.143. The monoisotopic (exact) mass is 440 g/mol. The fourth-order valence-corrected chi connectivity index (χ4v) is 4.71. The van der Waals surface area contributed by atoms with E-state index in [0.29, 0.717) is 18.6 Å². The van der Waals surface area contributed by atoms with Gasteiger partial charge in [-0.15, -0.1) is 0 Å². The average molecular weight is 441 g/mol. The van der Waals surface area contributed by atoms with Crippen LogP contribution in [0.1, 0.15) is 37.8 Å². The Kier molecular flexibility index (Phi) is 6.40. The van der Waals surface area contributed by atoms with Gasteiger partial charge >= 0.3 is 0 Å². The number of carbonyl (C=O) groups excluding carboxylic acids is 1. The van der Waals surface area contributed by atoms with Crippen molar-refractivity contribution in [1.29, 1.82) is 0 Å². The van der Waals surface area contributed by atoms with E-state index in [-0.39, 0.29) is 17.5 Å². The molecule has 1 fully saturated rings. The number of amides is 1. The maximum Gasteiger partial charge on any atom is 0.260 e. The van der Waals surface area contributed by atoms with Crippen molar-refractivity contribution in [1.82, 2.24) is 14.8 Å². The molecule has 2 aliphatic rings. The fraction of sp³-hybridized carbons (Fsp3) is 0.440. The van der Waals surface area contributed by atoms with Gasteiger partial charge in [0.25, 0.3) is 5.91 Å². The second-order valence-corrected chi connectivity index (χ2v) is 8.90. The molecule has 0 aromatic heterocycles. The SMILES string of the molecule is CCC(C(=O)N1N=C(c2cc(F)ccc2F)CC1(C)c1ccccc1)N1CCN(C)CC1. The highest BCUT2D eigenvalue weighted by Gasteiger charge is 2.46. The molecule has 2 heterocycles. The van der Waals surface area contributed by atoms with Crippen molar-refractivity contribution in [3.63, 3.8) is 0 Å². The Hall–Kier alpha value is -2.64. The first-order valence-corrected chi connectivity index (χ1v) is 11.2. The number of hydrazone groups is 1. The van der Waals surface area contributed by atoms with Crippen LogP contribution in [0.5, 0.6) is 0 Å². The Morgan fingerprint density at radius 3 is 2.44 bits per heavy atom. The molecule has 2 atom stereocenters. The predicted molar refractivity (Wildman–Crippen MR) is 121 cm³/mol. The minimum atomic E-state index is -0.785. The topological polar surface area (TPSA) is 39.2 Å². The van der Waals surface area contributed by atoms with Gasteiger partial charge < -0.3 is 4.90 Å². The molecule has 0 aliphatic carbocycles. The first-order valence-electron chi connectivity index (χ1n) is 11.2. The quantitative estimate of drug-likeness (QED) is 0.709. The first-order chi connectivity index (χ1) is 15.3. The van der Waals surface area contributed by atoms with E-state index in [0.717, 1.165) is 49.9 Å². The zero-order valence-electron chi connectivity index (χ0n) is 18.9. The molecule has 1 saturated heterocycles. The summed E-state index contributed by atoms with van der Waals surface area (Å²) in [6.45, 7) is 7.39. The molecular formula is C25H30F2N4O. The number of benzene rings is 2. The van der Waals surface area contributed by atoms with Crippen molar-refractivity contribution in [2.45, 2.75) is 38.3 Å². The van der Waals surface area contributed by atoms with Gasteiger partial charge in [0.2, 0.25) is 0 Å². The number of rotatable bonds is 5. The molecule has 0 bridgehead atoms. The molecule has 32 heavy (non-hydrogen) atoms. The summed E-state index contributed by atoms with van der Waals surface area (Å²) in [5, 5.41) is 6.15. The second-order valence-electron chi connectivity index (χ2n) is 8.90. The highest BCUT2D eigenvalue weighted by Crippen LogP contribution is 2.40. The molecule has 2 aromatic rings. The van der Waals surface area contributed by atoms with Gasteiger partial charge in [0, 0.05) is 38.2 Å². The number of piperazine rings is 1. The minimum Gasteiger partial charge on any atom is -0.304 e. The first kappa shape index (κ1) is 22.6. The van der Waals surface area contributed by atoms with Gasteiger partial charge in [0.1, 0.15) is 11.6 Å². The van der Waals surface area contributed by atoms with Crippen LogP contribution in [0, 0.1) is 11.6 Å². The van der Waals surface area contributed by atoms with E-state index in [1.807, 2.05) is 44.2 Å². The second kappa shape index (κ2) is 9.08. The lowest BCUT2D eigenvalue weighted by atomic mass is 9.85. The normalized spacial score (nSPS) is 23.3. The Morgan fingerprint density at radius 1 is 1.09 bits per heavy atom. The highest BCUT2D eigenvalue weighted by atomic mass is 19.1. The van der Waals surface area contributed by atoms with E-state index >= 15 is 0 Å². The molecule has 0 spiro atoms. The number of carbonyl (C=O) groups is 1. The number of likely N-dealkylation sites (N-methyl/N-ethyl adjacent to an activating group) is 1. The van der Waals surface area contributed by atoms with Crippen molar-refractivity contribution in [2.24, 2.45) is 5.10 Å². The van der Waals surface area contributed by atoms with Crippen LogP contribution in [0.25, 0.3) is 0 Å². The van der Waals surface area contributed by atoms with Crippen LogP contribution < -0.4 is 0 Å². The molecule has 0 saturated carbocycles. The Bertz CT molecular complexity index is 1000. The van der Waals surface area contributed by atoms with Gasteiger partial charge in [-0.05, 0) is 44.2 Å². The van der Waals surface area contributed by atoms with Crippen molar-refractivity contribution in [2.75, 3.05) is 33.2 Å². The average Bonchev–Trinajstić information content (AvgIpc) is 3.16. The number of halogens is 2. The van der Waals surface area contributed by atoms with E-state index in [1.165, 1.54) is 5.01 Å². The van der Waals surface area contributed by atoms with Gasteiger partial charge in [-0.25, -0.2) is 13.8 Å². The molecule has 0 radical (unpaired) electrons. The summed E-state index contributed by atoms with van der Waals surface area (Å²) in [7, 11) is 2.08. The van der Waals surface area contributed by atoms with Crippen molar-refractivity contribution in [3.8, 4) is 0 Å². The lowest BCUT2D eigenvalue weighted by Gasteiger charge is -2.40. The molecule has 4 rings (SSSR count). The van der Waals surface area contributed by atoms with Crippen LogP contribution in [-0.2, 0) is 10.3 Å². The maximum atomic E-state index is 14.6. The van der Waals surface area contributed by atoms with Gasteiger partial charge in [0.15, 0.2) is 0 Å². The van der Waals surface area contributed by atoms with Crippen molar-refractivity contribution >= 4 is 11.6 Å². The smallest absolute Gasteiger partial charge is 0.260 e. The molecule has 2 aliphatic heterocycles. The summed E-state index contributed by atoms with van der Waals surface area (Å²) in [4.78, 5) is 18.3. The van der Waals surface area contributed by atoms with Crippen LogP contribution in [0.15, 0.2) is 53.6 Å². The third-order valence-electron chi connectivity index (χ3n) is 6.69. The summed E-state index contributed by atoms with van der Waals surface area (Å²) in [6, 6.07) is 12.7. The number of nitrogens with zero attached hydrogens (tertiary/aromatic N) is 4. The van der Waals surface area contributed by atoms with Crippen LogP contribution in [0.4, 0.5) is 8.78 Å². The summed E-state index contributed by atoms with van der Waals surface area (Å²) >= 11 is 0. The van der Waals surface area contributed by atoms with Gasteiger partial charge in [-0.2, -0.15) is 5.10 Å². The van der Waals surface area contributed by atoms with Gasteiger partial charge in [-0.1, -0.05) is 37.3 Å². The number of hydrogen-bond acceptors (Lipinski definition) is 4. The van der Waals surface area contributed by atoms with Crippen molar-refractivity contribution < 1.29 is 13.6 Å². The Morgan fingerprint density at radius 2 is 1.78 bits per heavy atom. The minimum absolute atomic E-state index is 0.102. The fourth-order valence-electron chi connectivity index (χ4n) is 4.71. The molecule has 2 unspecified atom stereocenters. The summed E-state index contributed by atoms with van der Waals surface area (Å²) < 4.78 is 28.5. The maximum absolute atomic E-state index is 14.6. The molecule has 2 aromatic carbocycles. The summed E-state index contributed by atoms with van der Waals surface area (Å²) in [5.41, 5.74) is 0.620. The van der Waals surface area contributed by atoms with E-state index in [2.05, 4.69) is 21.9 Å². The molecule has 1 amide bonds. The molecular weight excluding hydrogens is 410 g/mol. The third kappa shape index (κ3) is 4.19. The standard InChI is InChI=1S/C25H30F2N4O/c1-4-23(30-14-12-29(3)13-15-30)24(32)31-25(2,18-8-6-5-7-9-18)17-22(28-31)20-16-19(26)10-11-21(20)27/h5-11,16,23H,4,12-15,17H2,1-3H3. The van der Waals surface area contributed by atoms with E-state index < -0.39 is 17.2 Å². The van der Waals surface area contributed by atoms with Crippen LogP contribution in [-0.4, -0.2) is 65.7 Å². The van der Waals surface area contributed by atoms with Crippen molar-refractivity contribution in [3.05, 3.63) is 71.3 Å². The summed E-state index contributed by atoms with van der Waals surface area (Å²) in [6.07, 6.45) is 0.964. The molecule has 7 heteroatoms. The highest BCUT2D eigenvalue weighted by molar-refractivity contribution is 6.04. The van der Waals surface area contributed by atoms with E-state index in [1.54, 1.807) is 0 Å². The molecule has 5 nitrogen and oxygen atoms in total. The van der Waals surface area contributed by atoms with E-state index in [9.17, 15) is 13.6 Å². The third-order valence-corrected chi connectivity index (χ3v) is 6.69. The van der Waals surface area contributed by atoms with Crippen LogP contribution >= 0.6 is 0 Å². The van der Waals surface area contributed by atoms with Crippen LogP contribution in [0.2, 0.25) is 0 Å². The van der Waals surface area contributed by atoms with Gasteiger partial charge in [-0.3, -0.25) is 9.69 Å².